The van der Waals surface area contributed by atoms with Crippen molar-refractivity contribution in [1.29, 1.82) is 0 Å². The summed E-state index contributed by atoms with van der Waals surface area (Å²) in [5.74, 6) is -2.21. The summed E-state index contributed by atoms with van der Waals surface area (Å²) >= 11 is 0. The third-order valence-electron chi connectivity index (χ3n) is 6.05. The molecule has 13 heteroatoms. The van der Waals surface area contributed by atoms with Crippen LogP contribution in [0.3, 0.4) is 0 Å². The number of alkyl halides is 3. The van der Waals surface area contributed by atoms with Crippen LogP contribution in [0.25, 0.3) is 34.3 Å². The van der Waals surface area contributed by atoms with Gasteiger partial charge in [-0.05, 0) is 5.56 Å². The Morgan fingerprint density at radius 3 is 2.47 bits per heavy atom. The van der Waals surface area contributed by atoms with Crippen LogP contribution in [0.15, 0.2) is 63.6 Å². The molecule has 1 aliphatic heterocycles. The largest absolute Gasteiger partial charge is 0.479 e. The Bertz CT molecular complexity index is 1400. The van der Waals surface area contributed by atoms with E-state index in [2.05, 4.69) is 15.3 Å². The number of aliphatic hydroxyl groups excluding tert-OH is 1. The van der Waals surface area contributed by atoms with Crippen molar-refractivity contribution in [3.05, 3.63) is 65.7 Å². The molecule has 2 unspecified atom stereocenters. The first-order valence-electron chi connectivity index (χ1n) is 11.5. The summed E-state index contributed by atoms with van der Waals surface area (Å²) in [5, 5.41) is 27.1. The van der Waals surface area contributed by atoms with Gasteiger partial charge in [-0.25, -0.2) is 4.79 Å². The van der Waals surface area contributed by atoms with Crippen LogP contribution in [0.4, 0.5) is 13.2 Å². The van der Waals surface area contributed by atoms with Crippen LogP contribution in [0.2, 0.25) is 0 Å². The Morgan fingerprint density at radius 1 is 1.05 bits per heavy atom. The number of halogens is 3. The second-order valence-corrected chi connectivity index (χ2v) is 8.62. The highest BCUT2D eigenvalue weighted by Crippen LogP contribution is 2.43. The number of nitrogens with zero attached hydrogens (tertiary/aromatic N) is 4. The number of carboxylic acid groups (broad SMARTS) is 1. The Labute approximate surface area is 213 Å². The first kappa shape index (κ1) is 25.6. The van der Waals surface area contributed by atoms with Gasteiger partial charge in [-0.2, -0.15) is 18.2 Å². The molecule has 0 saturated carbocycles. The molecule has 198 valence electrons. The van der Waals surface area contributed by atoms with Crippen LogP contribution < -0.4 is 0 Å². The van der Waals surface area contributed by atoms with Crippen LogP contribution in [-0.4, -0.2) is 68.7 Å². The van der Waals surface area contributed by atoms with E-state index in [1.807, 2.05) is 0 Å². The molecule has 4 aromatic rings. The monoisotopic (exact) mass is 530 g/mol. The summed E-state index contributed by atoms with van der Waals surface area (Å²) in [4.78, 5) is 17.0. The molecule has 10 nitrogen and oxygen atoms in total. The Kier molecular flexibility index (Phi) is 6.97. The summed E-state index contributed by atoms with van der Waals surface area (Å²) in [6.45, 7) is 1.09. The van der Waals surface area contributed by atoms with Gasteiger partial charge in [0.25, 0.3) is 5.89 Å². The molecule has 2 aromatic heterocycles. The minimum atomic E-state index is -4.79. The van der Waals surface area contributed by atoms with Crippen molar-refractivity contribution in [2.24, 2.45) is 0 Å². The fourth-order valence-corrected chi connectivity index (χ4v) is 4.15. The molecule has 1 fully saturated rings. The van der Waals surface area contributed by atoms with E-state index >= 15 is 0 Å². The zero-order valence-corrected chi connectivity index (χ0v) is 19.6. The SMILES string of the molecule is O=C(O)C1CN(CC(O)c2ccc(-c3noc(-c4onc(-c5ccccc5)c4C(F)(F)F)n3)cc2)CCO1. The molecule has 0 aliphatic carbocycles. The molecular weight excluding hydrogens is 509 g/mol. The van der Waals surface area contributed by atoms with E-state index in [1.54, 1.807) is 47.4 Å². The van der Waals surface area contributed by atoms with E-state index < -0.39 is 41.6 Å². The van der Waals surface area contributed by atoms with Gasteiger partial charge in [0.1, 0.15) is 11.3 Å². The van der Waals surface area contributed by atoms with Crippen molar-refractivity contribution < 1.29 is 42.0 Å². The van der Waals surface area contributed by atoms with Gasteiger partial charge in [-0.3, -0.25) is 4.90 Å². The molecule has 38 heavy (non-hydrogen) atoms. The second-order valence-electron chi connectivity index (χ2n) is 8.62. The summed E-state index contributed by atoms with van der Waals surface area (Å²) in [6, 6.07) is 14.2. The van der Waals surface area contributed by atoms with Gasteiger partial charge < -0.3 is 24.0 Å². The van der Waals surface area contributed by atoms with Gasteiger partial charge in [0.05, 0.1) is 12.7 Å². The number of carbonyl (C=O) groups is 1. The number of ether oxygens (including phenoxy) is 1. The predicted molar refractivity (Wildman–Crippen MR) is 124 cm³/mol. The quantitative estimate of drug-likeness (QED) is 0.362. The predicted octanol–water partition coefficient (Wildman–Crippen LogP) is 3.90. The lowest BCUT2D eigenvalue weighted by atomic mass is 10.1. The lowest BCUT2D eigenvalue weighted by Gasteiger charge is -2.32. The second kappa shape index (κ2) is 10.4. The van der Waals surface area contributed by atoms with E-state index in [0.717, 1.165) is 0 Å². The molecule has 0 bridgehead atoms. The highest BCUT2D eigenvalue weighted by molar-refractivity contribution is 5.73. The van der Waals surface area contributed by atoms with Crippen molar-refractivity contribution >= 4 is 5.97 Å². The summed E-state index contributed by atoms with van der Waals surface area (Å²) in [5.41, 5.74) is -0.298. The number of rotatable bonds is 7. The number of hydrogen-bond acceptors (Lipinski definition) is 9. The van der Waals surface area contributed by atoms with Crippen LogP contribution >= 0.6 is 0 Å². The number of morpholine rings is 1. The molecule has 0 spiro atoms. The summed E-state index contributed by atoms with van der Waals surface area (Å²) in [6.07, 6.45) is -6.65. The maximum atomic E-state index is 13.9. The third kappa shape index (κ3) is 5.30. The van der Waals surface area contributed by atoms with E-state index in [-0.39, 0.29) is 36.8 Å². The summed E-state index contributed by atoms with van der Waals surface area (Å²) in [7, 11) is 0. The number of aliphatic hydroxyl groups is 1. The molecule has 3 heterocycles. The fourth-order valence-electron chi connectivity index (χ4n) is 4.15. The Morgan fingerprint density at radius 2 is 1.79 bits per heavy atom. The maximum Gasteiger partial charge on any atom is 0.422 e. The minimum absolute atomic E-state index is 0.0179. The minimum Gasteiger partial charge on any atom is -0.479 e. The van der Waals surface area contributed by atoms with Gasteiger partial charge >= 0.3 is 12.1 Å². The van der Waals surface area contributed by atoms with Crippen LogP contribution in [0, 0.1) is 0 Å². The number of β-amino-alcohol motifs (C(OH)–C–C–N with tert-alkyl or cyclic N) is 1. The third-order valence-corrected chi connectivity index (χ3v) is 6.05. The smallest absolute Gasteiger partial charge is 0.422 e. The summed E-state index contributed by atoms with van der Waals surface area (Å²) < 4.78 is 57.1. The molecule has 1 aliphatic rings. The van der Waals surface area contributed by atoms with E-state index in [1.165, 1.54) is 12.1 Å². The van der Waals surface area contributed by atoms with E-state index in [0.29, 0.717) is 17.7 Å². The fraction of sp³-hybridized carbons (Fsp3) is 0.280. The van der Waals surface area contributed by atoms with Gasteiger partial charge in [-0.1, -0.05) is 64.9 Å². The van der Waals surface area contributed by atoms with Gasteiger partial charge in [0.2, 0.25) is 11.6 Å². The van der Waals surface area contributed by atoms with Crippen molar-refractivity contribution in [3.63, 3.8) is 0 Å². The van der Waals surface area contributed by atoms with Crippen LogP contribution in [-0.2, 0) is 15.7 Å². The van der Waals surface area contributed by atoms with Crippen LogP contribution in [0.1, 0.15) is 17.2 Å². The highest BCUT2D eigenvalue weighted by atomic mass is 19.4. The van der Waals surface area contributed by atoms with E-state index in [4.69, 9.17) is 18.9 Å². The molecule has 2 atom stereocenters. The van der Waals surface area contributed by atoms with Crippen LogP contribution in [0.5, 0.6) is 0 Å². The number of aromatic nitrogens is 3. The Balaban J connectivity index is 1.34. The maximum absolute atomic E-state index is 13.9. The molecule has 5 rings (SSSR count). The Hall–Kier alpha value is -4.07. The molecule has 2 aromatic carbocycles. The van der Waals surface area contributed by atoms with Crippen molar-refractivity contribution in [1.82, 2.24) is 20.2 Å². The first-order valence-corrected chi connectivity index (χ1v) is 11.5. The normalized spacial score (nSPS) is 17.4. The van der Waals surface area contributed by atoms with Gasteiger partial charge in [0, 0.05) is 30.8 Å². The standard InChI is InChI=1S/C25H21F3N4O6/c26-25(27,28)19-20(15-4-2-1-3-5-15)30-37-21(19)23-29-22(31-38-23)16-8-6-14(7-9-16)17(33)12-32-10-11-36-18(13-32)24(34)35/h1-9,17-18,33H,10-13H2,(H,34,35). The lowest BCUT2D eigenvalue weighted by Crippen LogP contribution is -2.47. The van der Waals surface area contributed by atoms with Crippen molar-refractivity contribution in [3.8, 4) is 34.3 Å². The zero-order chi connectivity index (χ0) is 26.9. The number of aliphatic carboxylic acids is 1. The topological polar surface area (TPSA) is 135 Å². The molecule has 1 saturated heterocycles. The van der Waals surface area contributed by atoms with Crippen molar-refractivity contribution in [2.75, 3.05) is 26.2 Å². The molecule has 0 radical (unpaired) electrons. The zero-order valence-electron chi connectivity index (χ0n) is 19.6. The van der Waals surface area contributed by atoms with E-state index in [9.17, 15) is 23.1 Å². The average molecular weight is 530 g/mol. The average Bonchev–Trinajstić information content (AvgIpc) is 3.57. The number of carboxylic acids is 1. The molecule has 2 N–H and O–H groups in total. The molecule has 0 amide bonds. The molecular formula is C25H21F3N4O6. The highest BCUT2D eigenvalue weighted by Gasteiger charge is 2.43. The number of hydrogen-bond donors (Lipinski definition) is 2. The first-order chi connectivity index (χ1) is 18.2. The van der Waals surface area contributed by atoms with Gasteiger partial charge in [0.15, 0.2) is 6.10 Å². The number of benzene rings is 2. The van der Waals surface area contributed by atoms with Crippen molar-refractivity contribution in [2.45, 2.75) is 18.4 Å². The van der Waals surface area contributed by atoms with Gasteiger partial charge in [-0.15, -0.1) is 0 Å². The lowest BCUT2D eigenvalue weighted by molar-refractivity contribution is -0.156.